The molecule has 0 fully saturated rings. The molecule has 1 nitrogen and oxygen atoms in total. The summed E-state index contributed by atoms with van der Waals surface area (Å²) in [4.78, 5) is 1.34. The highest BCUT2D eigenvalue weighted by Gasteiger charge is 1.99. The van der Waals surface area contributed by atoms with Crippen LogP contribution in [-0.4, -0.2) is 11.7 Å². The van der Waals surface area contributed by atoms with Gasteiger partial charge < -0.3 is 5.11 Å². The van der Waals surface area contributed by atoms with Crippen LogP contribution < -0.4 is 0 Å². The van der Waals surface area contributed by atoms with Gasteiger partial charge in [0.1, 0.15) is 0 Å². The highest BCUT2D eigenvalue weighted by atomic mass is 32.1. The first-order valence-corrected chi connectivity index (χ1v) is 5.21. The molecule has 0 radical (unpaired) electrons. The monoisotopic (exact) mass is 192 g/mol. The van der Waals surface area contributed by atoms with Gasteiger partial charge in [0, 0.05) is 16.2 Å². The summed E-state index contributed by atoms with van der Waals surface area (Å²) in [6, 6.07) is 8.58. The zero-order valence-electron chi connectivity index (χ0n) is 7.58. The van der Waals surface area contributed by atoms with Crippen LogP contribution in [0.5, 0.6) is 0 Å². The van der Waals surface area contributed by atoms with Gasteiger partial charge >= 0.3 is 0 Å². The van der Waals surface area contributed by atoms with Crippen LogP contribution in [0.4, 0.5) is 0 Å². The van der Waals surface area contributed by atoms with Crippen molar-refractivity contribution in [3.63, 3.8) is 0 Å². The molecule has 1 aromatic heterocycles. The summed E-state index contributed by atoms with van der Waals surface area (Å²) in [5.41, 5.74) is 1.22. The Kier molecular flexibility index (Phi) is 2.34. The van der Waals surface area contributed by atoms with Crippen molar-refractivity contribution in [2.24, 2.45) is 0 Å². The van der Waals surface area contributed by atoms with Crippen LogP contribution in [0.3, 0.4) is 0 Å². The average molecular weight is 192 g/mol. The minimum atomic E-state index is 0.232. The topological polar surface area (TPSA) is 20.2 Å². The van der Waals surface area contributed by atoms with E-state index in [2.05, 4.69) is 31.2 Å². The van der Waals surface area contributed by atoms with E-state index in [0.717, 1.165) is 6.42 Å². The third-order valence-corrected chi connectivity index (χ3v) is 3.12. The first-order chi connectivity index (χ1) is 6.29. The number of aryl methyl sites for hydroxylation is 1. The number of thiophene rings is 1. The van der Waals surface area contributed by atoms with Crippen LogP contribution >= 0.6 is 11.3 Å². The van der Waals surface area contributed by atoms with Crippen molar-refractivity contribution in [2.45, 2.75) is 13.3 Å². The lowest BCUT2D eigenvalue weighted by atomic mass is 10.1. The molecule has 0 unspecified atom stereocenters. The molecule has 0 saturated carbocycles. The number of fused-ring (bicyclic) bond motifs is 1. The summed E-state index contributed by atoms with van der Waals surface area (Å²) in [5.74, 6) is 0. The molecule has 0 amide bonds. The fraction of sp³-hybridized carbons (Fsp3) is 0.273. The van der Waals surface area contributed by atoms with Crippen LogP contribution in [-0.2, 0) is 6.42 Å². The lowest BCUT2D eigenvalue weighted by Gasteiger charge is -1.96. The second-order valence-electron chi connectivity index (χ2n) is 3.20. The molecule has 2 heteroatoms. The Morgan fingerprint density at radius 2 is 2.15 bits per heavy atom. The molecule has 0 bridgehead atoms. The third-order valence-electron chi connectivity index (χ3n) is 2.11. The van der Waals surface area contributed by atoms with E-state index in [1.807, 2.05) is 11.3 Å². The van der Waals surface area contributed by atoms with E-state index < -0.39 is 0 Å². The van der Waals surface area contributed by atoms with Crippen molar-refractivity contribution >= 4 is 21.4 Å². The normalized spacial score (nSPS) is 10.9. The summed E-state index contributed by atoms with van der Waals surface area (Å²) < 4.78 is 1.32. The van der Waals surface area contributed by atoms with Gasteiger partial charge in [-0.1, -0.05) is 12.1 Å². The summed E-state index contributed by atoms with van der Waals surface area (Å²) in [6.07, 6.45) is 0.757. The number of benzene rings is 1. The van der Waals surface area contributed by atoms with E-state index in [0.29, 0.717) is 0 Å². The molecule has 0 spiro atoms. The van der Waals surface area contributed by atoms with Gasteiger partial charge in [-0.15, -0.1) is 11.3 Å². The second-order valence-corrected chi connectivity index (χ2v) is 4.49. The zero-order valence-corrected chi connectivity index (χ0v) is 8.40. The number of hydrogen-bond donors (Lipinski definition) is 1. The van der Waals surface area contributed by atoms with Crippen LogP contribution in [0, 0.1) is 6.92 Å². The van der Waals surface area contributed by atoms with Gasteiger partial charge in [-0.2, -0.15) is 0 Å². The molecule has 13 heavy (non-hydrogen) atoms. The first-order valence-electron chi connectivity index (χ1n) is 4.39. The fourth-order valence-electron chi connectivity index (χ4n) is 1.49. The molecule has 2 aromatic rings. The Morgan fingerprint density at radius 3 is 2.92 bits per heavy atom. The van der Waals surface area contributed by atoms with Crippen LogP contribution in [0.1, 0.15) is 10.4 Å². The quantitative estimate of drug-likeness (QED) is 0.775. The Labute approximate surface area is 81.6 Å². The van der Waals surface area contributed by atoms with Crippen LogP contribution in [0.25, 0.3) is 10.1 Å². The van der Waals surface area contributed by atoms with Crippen molar-refractivity contribution in [3.8, 4) is 0 Å². The van der Waals surface area contributed by atoms with Gasteiger partial charge in [0.25, 0.3) is 0 Å². The summed E-state index contributed by atoms with van der Waals surface area (Å²) in [7, 11) is 0. The first kappa shape index (κ1) is 8.73. The molecule has 1 N–H and O–H groups in total. The van der Waals surface area contributed by atoms with E-state index in [4.69, 9.17) is 5.11 Å². The Hall–Kier alpha value is -0.860. The standard InChI is InChI=1S/C11H12OS/c1-8-6-10-3-2-9(4-5-12)7-11(10)13-8/h2-3,6-7,12H,4-5H2,1H3. The number of aliphatic hydroxyl groups is 1. The Balaban J connectivity index is 2.48. The van der Waals surface area contributed by atoms with Crippen molar-refractivity contribution < 1.29 is 5.11 Å². The minimum absolute atomic E-state index is 0.232. The highest BCUT2D eigenvalue weighted by Crippen LogP contribution is 2.25. The molecular formula is C11H12OS. The summed E-state index contributed by atoms with van der Waals surface area (Å²) >= 11 is 1.81. The smallest absolute Gasteiger partial charge is 0.0471 e. The van der Waals surface area contributed by atoms with Gasteiger partial charge in [0.2, 0.25) is 0 Å². The zero-order chi connectivity index (χ0) is 9.26. The van der Waals surface area contributed by atoms with E-state index >= 15 is 0 Å². The van der Waals surface area contributed by atoms with Crippen molar-refractivity contribution in [2.75, 3.05) is 6.61 Å². The lowest BCUT2D eigenvalue weighted by molar-refractivity contribution is 0.299. The maximum atomic E-state index is 8.80. The van der Waals surface area contributed by atoms with Crippen LogP contribution in [0.15, 0.2) is 24.3 Å². The van der Waals surface area contributed by atoms with Crippen molar-refractivity contribution in [1.82, 2.24) is 0 Å². The van der Waals surface area contributed by atoms with Crippen LogP contribution in [0.2, 0.25) is 0 Å². The van der Waals surface area contributed by atoms with E-state index in [1.165, 1.54) is 20.5 Å². The summed E-state index contributed by atoms with van der Waals surface area (Å²) in [6.45, 7) is 2.35. The molecule has 0 aliphatic heterocycles. The maximum Gasteiger partial charge on any atom is 0.0471 e. The number of hydrogen-bond acceptors (Lipinski definition) is 2. The molecule has 2 rings (SSSR count). The molecule has 0 aliphatic rings. The average Bonchev–Trinajstić information content (AvgIpc) is 2.44. The second kappa shape index (κ2) is 3.48. The molecule has 0 saturated heterocycles. The SMILES string of the molecule is Cc1cc2ccc(CCO)cc2s1. The third kappa shape index (κ3) is 1.74. The van der Waals surface area contributed by atoms with Crippen molar-refractivity contribution in [1.29, 1.82) is 0 Å². The largest absolute Gasteiger partial charge is 0.396 e. The fourth-order valence-corrected chi connectivity index (χ4v) is 2.48. The number of rotatable bonds is 2. The lowest BCUT2D eigenvalue weighted by Crippen LogP contribution is -1.88. The minimum Gasteiger partial charge on any atom is -0.396 e. The van der Waals surface area contributed by atoms with E-state index in [-0.39, 0.29) is 6.61 Å². The van der Waals surface area contributed by atoms with Gasteiger partial charge in [-0.3, -0.25) is 0 Å². The van der Waals surface area contributed by atoms with Gasteiger partial charge in [-0.25, -0.2) is 0 Å². The Bertz CT molecular complexity index is 417. The van der Waals surface area contributed by atoms with E-state index in [9.17, 15) is 0 Å². The predicted molar refractivity (Wildman–Crippen MR) is 57.4 cm³/mol. The van der Waals surface area contributed by atoms with Gasteiger partial charge in [-0.05, 0) is 36.4 Å². The molecule has 1 heterocycles. The molecule has 68 valence electrons. The van der Waals surface area contributed by atoms with Crippen molar-refractivity contribution in [3.05, 3.63) is 34.7 Å². The maximum absolute atomic E-state index is 8.80. The number of aliphatic hydroxyl groups excluding tert-OH is 1. The van der Waals surface area contributed by atoms with E-state index in [1.54, 1.807) is 0 Å². The predicted octanol–water partition coefficient (Wildman–Crippen LogP) is 2.74. The Morgan fingerprint density at radius 1 is 1.31 bits per heavy atom. The molecular weight excluding hydrogens is 180 g/mol. The molecule has 0 atom stereocenters. The highest BCUT2D eigenvalue weighted by molar-refractivity contribution is 7.19. The van der Waals surface area contributed by atoms with Gasteiger partial charge in [0.05, 0.1) is 0 Å². The summed E-state index contributed by atoms with van der Waals surface area (Å²) in [5, 5.41) is 10.1. The van der Waals surface area contributed by atoms with Gasteiger partial charge in [0.15, 0.2) is 0 Å². The molecule has 0 aliphatic carbocycles. The molecule has 1 aromatic carbocycles.